The normalized spacial score (nSPS) is 19.1. The highest BCUT2D eigenvalue weighted by Crippen LogP contribution is 2.32. The number of nitrogens with zero attached hydrogens (tertiary/aromatic N) is 4. The summed E-state index contributed by atoms with van der Waals surface area (Å²) >= 11 is 0. The van der Waals surface area contributed by atoms with Gasteiger partial charge < -0.3 is 9.42 Å². The quantitative estimate of drug-likeness (QED) is 0.882. The van der Waals surface area contributed by atoms with Crippen LogP contribution in [-0.2, 0) is 0 Å². The lowest BCUT2D eigenvalue weighted by Crippen LogP contribution is -2.31. The molecule has 1 unspecified atom stereocenters. The maximum Gasteiger partial charge on any atom is 0.294 e. The van der Waals surface area contributed by atoms with Crippen LogP contribution in [0.25, 0.3) is 0 Å². The van der Waals surface area contributed by atoms with Crippen LogP contribution < -0.4 is 0 Å². The topological polar surface area (TPSA) is 87.9 Å². The van der Waals surface area contributed by atoms with E-state index in [2.05, 4.69) is 20.3 Å². The molecule has 0 aliphatic carbocycles. The standard InChI is InChI=1S/C12H15N5O2/c1-7-6-10(19-16-7)9-4-3-5-17(9)12(18)11-13-8(2)14-15-11/h6,9H,3-5H2,1-2H3,(H,13,14,15). The molecule has 19 heavy (non-hydrogen) atoms. The zero-order valence-corrected chi connectivity index (χ0v) is 10.9. The molecule has 1 aliphatic heterocycles. The molecule has 1 fully saturated rings. The van der Waals surface area contributed by atoms with Crippen molar-refractivity contribution in [1.29, 1.82) is 0 Å². The average Bonchev–Trinajstić information content (AvgIpc) is 3.07. The first-order chi connectivity index (χ1) is 9.15. The molecule has 7 heteroatoms. The second-order valence-electron chi connectivity index (χ2n) is 4.77. The number of aromatic nitrogens is 4. The van der Waals surface area contributed by atoms with Gasteiger partial charge in [0.15, 0.2) is 5.76 Å². The Bertz CT molecular complexity index is 603. The lowest BCUT2D eigenvalue weighted by molar-refractivity contribution is 0.0702. The molecule has 1 atom stereocenters. The van der Waals surface area contributed by atoms with Crippen molar-refractivity contribution in [1.82, 2.24) is 25.2 Å². The first-order valence-corrected chi connectivity index (χ1v) is 6.28. The molecule has 1 aliphatic rings. The van der Waals surface area contributed by atoms with Crippen molar-refractivity contribution in [3.8, 4) is 0 Å². The third-order valence-corrected chi connectivity index (χ3v) is 3.28. The lowest BCUT2D eigenvalue weighted by atomic mass is 10.1. The molecule has 1 amide bonds. The van der Waals surface area contributed by atoms with Gasteiger partial charge in [0.2, 0.25) is 5.82 Å². The highest BCUT2D eigenvalue weighted by Gasteiger charge is 2.34. The maximum atomic E-state index is 12.4. The van der Waals surface area contributed by atoms with Crippen LogP contribution in [0.4, 0.5) is 0 Å². The number of hydrogen-bond donors (Lipinski definition) is 1. The number of rotatable bonds is 2. The van der Waals surface area contributed by atoms with E-state index in [0.29, 0.717) is 12.4 Å². The molecule has 2 aromatic rings. The molecule has 2 aromatic heterocycles. The number of carbonyl (C=O) groups excluding carboxylic acids is 1. The summed E-state index contributed by atoms with van der Waals surface area (Å²) in [6.07, 6.45) is 1.82. The van der Waals surface area contributed by atoms with Crippen LogP contribution in [0.5, 0.6) is 0 Å². The molecule has 0 aromatic carbocycles. The number of likely N-dealkylation sites (tertiary alicyclic amines) is 1. The molecule has 1 saturated heterocycles. The van der Waals surface area contributed by atoms with Gasteiger partial charge >= 0.3 is 0 Å². The van der Waals surface area contributed by atoms with Crippen LogP contribution in [0.1, 0.15) is 46.8 Å². The summed E-state index contributed by atoms with van der Waals surface area (Å²) in [5.74, 6) is 1.41. The van der Waals surface area contributed by atoms with Crippen molar-refractivity contribution >= 4 is 5.91 Å². The van der Waals surface area contributed by atoms with E-state index in [1.165, 1.54) is 0 Å². The van der Waals surface area contributed by atoms with E-state index < -0.39 is 0 Å². The van der Waals surface area contributed by atoms with Crippen molar-refractivity contribution in [3.63, 3.8) is 0 Å². The highest BCUT2D eigenvalue weighted by atomic mass is 16.5. The Kier molecular flexibility index (Phi) is 2.81. The number of aryl methyl sites for hydroxylation is 2. The number of amides is 1. The monoisotopic (exact) mass is 261 g/mol. The number of nitrogens with one attached hydrogen (secondary N) is 1. The molecule has 0 bridgehead atoms. The Balaban J connectivity index is 1.85. The van der Waals surface area contributed by atoms with E-state index >= 15 is 0 Å². The maximum absolute atomic E-state index is 12.4. The van der Waals surface area contributed by atoms with Crippen molar-refractivity contribution in [3.05, 3.63) is 29.2 Å². The SMILES string of the molecule is Cc1cc(C2CCCN2C(=O)c2n[nH]c(C)n2)on1. The summed E-state index contributed by atoms with van der Waals surface area (Å²) in [6.45, 7) is 4.33. The van der Waals surface area contributed by atoms with Crippen molar-refractivity contribution in [2.45, 2.75) is 32.7 Å². The van der Waals surface area contributed by atoms with Crippen molar-refractivity contribution in [2.24, 2.45) is 0 Å². The fourth-order valence-corrected chi connectivity index (χ4v) is 2.41. The van der Waals surface area contributed by atoms with E-state index in [4.69, 9.17) is 4.52 Å². The summed E-state index contributed by atoms with van der Waals surface area (Å²) in [6, 6.07) is 1.81. The van der Waals surface area contributed by atoms with Gasteiger partial charge in [-0.05, 0) is 26.7 Å². The number of aromatic amines is 1. The molecule has 3 rings (SSSR count). The van der Waals surface area contributed by atoms with E-state index in [0.717, 1.165) is 24.3 Å². The Morgan fingerprint density at radius 1 is 1.53 bits per heavy atom. The number of hydrogen-bond acceptors (Lipinski definition) is 5. The van der Waals surface area contributed by atoms with Gasteiger partial charge in [0.25, 0.3) is 5.91 Å². The molecule has 1 N–H and O–H groups in total. The second-order valence-corrected chi connectivity index (χ2v) is 4.77. The Morgan fingerprint density at radius 2 is 2.37 bits per heavy atom. The molecule has 0 saturated carbocycles. The largest absolute Gasteiger partial charge is 0.359 e. The van der Waals surface area contributed by atoms with Gasteiger partial charge in [-0.25, -0.2) is 4.98 Å². The van der Waals surface area contributed by atoms with E-state index in [1.54, 1.807) is 11.8 Å². The summed E-state index contributed by atoms with van der Waals surface area (Å²) in [7, 11) is 0. The molecule has 3 heterocycles. The van der Waals surface area contributed by atoms with Gasteiger partial charge in [0, 0.05) is 12.6 Å². The summed E-state index contributed by atoms with van der Waals surface area (Å²) in [5.41, 5.74) is 0.822. The Morgan fingerprint density at radius 3 is 3.00 bits per heavy atom. The van der Waals surface area contributed by atoms with Crippen molar-refractivity contribution in [2.75, 3.05) is 6.54 Å². The fraction of sp³-hybridized carbons (Fsp3) is 0.500. The zero-order valence-electron chi connectivity index (χ0n) is 10.9. The first kappa shape index (κ1) is 11.9. The summed E-state index contributed by atoms with van der Waals surface area (Å²) < 4.78 is 5.28. The summed E-state index contributed by atoms with van der Waals surface area (Å²) in [5, 5.41) is 10.5. The fourth-order valence-electron chi connectivity index (χ4n) is 2.41. The molecule has 100 valence electrons. The zero-order chi connectivity index (χ0) is 13.4. The van der Waals surface area contributed by atoms with Crippen LogP contribution in [-0.4, -0.2) is 37.7 Å². The van der Waals surface area contributed by atoms with Gasteiger partial charge in [-0.1, -0.05) is 5.16 Å². The van der Waals surface area contributed by atoms with E-state index in [1.807, 2.05) is 13.0 Å². The van der Waals surface area contributed by atoms with E-state index in [-0.39, 0.29) is 17.8 Å². The van der Waals surface area contributed by atoms with Gasteiger partial charge in [0.1, 0.15) is 5.82 Å². The minimum absolute atomic E-state index is 0.0625. The predicted octanol–water partition coefficient (Wildman–Crippen LogP) is 1.39. The van der Waals surface area contributed by atoms with Gasteiger partial charge in [-0.3, -0.25) is 9.89 Å². The first-order valence-electron chi connectivity index (χ1n) is 6.28. The minimum atomic E-state index is -0.166. The molecule has 0 spiro atoms. The van der Waals surface area contributed by atoms with Crippen LogP contribution >= 0.6 is 0 Å². The number of H-pyrrole nitrogens is 1. The summed E-state index contributed by atoms with van der Waals surface area (Å²) in [4.78, 5) is 18.2. The van der Waals surface area contributed by atoms with Crippen molar-refractivity contribution < 1.29 is 9.32 Å². The minimum Gasteiger partial charge on any atom is -0.359 e. The number of carbonyl (C=O) groups is 1. The van der Waals surface area contributed by atoms with Gasteiger partial charge in [-0.2, -0.15) is 0 Å². The van der Waals surface area contributed by atoms with Crippen LogP contribution in [0.3, 0.4) is 0 Å². The lowest BCUT2D eigenvalue weighted by Gasteiger charge is -2.20. The van der Waals surface area contributed by atoms with Crippen LogP contribution in [0.2, 0.25) is 0 Å². The third-order valence-electron chi connectivity index (χ3n) is 3.28. The Hall–Kier alpha value is -2.18. The van der Waals surface area contributed by atoms with Crippen LogP contribution in [0.15, 0.2) is 10.6 Å². The van der Waals surface area contributed by atoms with Gasteiger partial charge in [-0.15, -0.1) is 5.10 Å². The second kappa shape index (κ2) is 4.49. The molecular formula is C12H15N5O2. The predicted molar refractivity (Wildman–Crippen MR) is 65.4 cm³/mol. The van der Waals surface area contributed by atoms with Gasteiger partial charge in [0.05, 0.1) is 11.7 Å². The Labute approximate surface area is 110 Å². The molecule has 0 radical (unpaired) electrons. The molecular weight excluding hydrogens is 246 g/mol. The van der Waals surface area contributed by atoms with E-state index in [9.17, 15) is 4.79 Å². The average molecular weight is 261 g/mol. The molecule has 7 nitrogen and oxygen atoms in total. The van der Waals surface area contributed by atoms with Crippen LogP contribution in [0, 0.1) is 13.8 Å². The third kappa shape index (κ3) is 2.11. The smallest absolute Gasteiger partial charge is 0.294 e. The highest BCUT2D eigenvalue weighted by molar-refractivity contribution is 5.90.